The van der Waals surface area contributed by atoms with Crippen LogP contribution in [0.4, 0.5) is 5.69 Å². The summed E-state index contributed by atoms with van der Waals surface area (Å²) in [5.74, 6) is 0.0626. The fourth-order valence-electron chi connectivity index (χ4n) is 4.12. The Kier molecular flexibility index (Phi) is 5.23. The standard InChI is InChI=1S/C26H24N4O/c31-26(29-17-15-23(19-29)28-22-11-5-2-6-12-22)21-10-7-13-24(18-21)30-25(14-16-27-30)20-8-3-1-4-9-20/h1-14,16,18,23,28H,15,17,19H2. The molecular formula is C26H24N4O. The number of aromatic nitrogens is 2. The summed E-state index contributed by atoms with van der Waals surface area (Å²) in [5.41, 5.74) is 4.75. The predicted octanol–water partition coefficient (Wildman–Crippen LogP) is 4.87. The Morgan fingerprint density at radius 3 is 2.48 bits per heavy atom. The number of hydrogen-bond donors (Lipinski definition) is 1. The number of nitrogens with one attached hydrogen (secondary N) is 1. The first kappa shape index (κ1) is 19.1. The smallest absolute Gasteiger partial charge is 0.254 e. The van der Waals surface area contributed by atoms with Crippen molar-refractivity contribution in [1.29, 1.82) is 0 Å². The maximum absolute atomic E-state index is 13.2. The van der Waals surface area contributed by atoms with Crippen molar-refractivity contribution in [3.63, 3.8) is 0 Å². The maximum atomic E-state index is 13.2. The molecule has 1 unspecified atom stereocenters. The van der Waals surface area contributed by atoms with Crippen LogP contribution >= 0.6 is 0 Å². The summed E-state index contributed by atoms with van der Waals surface area (Å²) in [6.07, 6.45) is 2.73. The van der Waals surface area contributed by atoms with Crippen LogP contribution < -0.4 is 5.32 Å². The molecule has 1 saturated heterocycles. The Morgan fingerprint density at radius 2 is 1.68 bits per heavy atom. The first-order valence-electron chi connectivity index (χ1n) is 10.6. The second kappa shape index (κ2) is 8.48. The molecular weight excluding hydrogens is 384 g/mol. The highest BCUT2D eigenvalue weighted by Crippen LogP contribution is 2.24. The van der Waals surface area contributed by atoms with E-state index in [-0.39, 0.29) is 11.9 Å². The number of carbonyl (C=O) groups excluding carboxylic acids is 1. The van der Waals surface area contributed by atoms with Crippen molar-refractivity contribution >= 4 is 11.6 Å². The van der Waals surface area contributed by atoms with Gasteiger partial charge in [-0.05, 0) is 42.8 Å². The minimum Gasteiger partial charge on any atom is -0.380 e. The van der Waals surface area contributed by atoms with E-state index in [1.165, 1.54) is 0 Å². The molecule has 3 aromatic carbocycles. The van der Waals surface area contributed by atoms with Crippen LogP contribution in [0.15, 0.2) is 97.2 Å². The predicted molar refractivity (Wildman–Crippen MR) is 123 cm³/mol. The molecule has 31 heavy (non-hydrogen) atoms. The number of benzene rings is 3. The average molecular weight is 409 g/mol. The Labute approximate surface area is 182 Å². The third-order valence-corrected chi connectivity index (χ3v) is 5.67. The Balaban J connectivity index is 1.33. The summed E-state index contributed by atoms with van der Waals surface area (Å²) in [7, 11) is 0. The van der Waals surface area contributed by atoms with Crippen molar-refractivity contribution in [1.82, 2.24) is 14.7 Å². The van der Waals surface area contributed by atoms with Crippen LogP contribution in [-0.2, 0) is 0 Å². The van der Waals surface area contributed by atoms with E-state index in [2.05, 4.69) is 34.7 Å². The van der Waals surface area contributed by atoms with E-state index in [1.54, 1.807) is 6.20 Å². The highest BCUT2D eigenvalue weighted by atomic mass is 16.2. The van der Waals surface area contributed by atoms with Crippen LogP contribution in [0.3, 0.4) is 0 Å². The van der Waals surface area contributed by atoms with Gasteiger partial charge in [-0.1, -0.05) is 54.6 Å². The molecule has 0 radical (unpaired) electrons. The quantitative estimate of drug-likeness (QED) is 0.513. The van der Waals surface area contributed by atoms with Crippen LogP contribution in [0.2, 0.25) is 0 Å². The molecule has 0 spiro atoms. The summed E-state index contributed by atoms with van der Waals surface area (Å²) in [6, 6.07) is 30.3. The summed E-state index contributed by atoms with van der Waals surface area (Å²) in [4.78, 5) is 15.1. The van der Waals surface area contributed by atoms with Gasteiger partial charge < -0.3 is 10.2 Å². The second-order valence-corrected chi connectivity index (χ2v) is 7.79. The molecule has 1 fully saturated rings. The van der Waals surface area contributed by atoms with Gasteiger partial charge in [0, 0.05) is 35.9 Å². The second-order valence-electron chi connectivity index (χ2n) is 7.79. The van der Waals surface area contributed by atoms with E-state index in [4.69, 9.17) is 0 Å². The van der Waals surface area contributed by atoms with Crippen molar-refractivity contribution in [3.05, 3.63) is 103 Å². The first-order valence-corrected chi connectivity index (χ1v) is 10.6. The lowest BCUT2D eigenvalue weighted by atomic mass is 10.1. The fourth-order valence-corrected chi connectivity index (χ4v) is 4.12. The molecule has 0 bridgehead atoms. The Morgan fingerprint density at radius 1 is 0.903 bits per heavy atom. The van der Waals surface area contributed by atoms with Gasteiger partial charge in [0.05, 0.1) is 17.6 Å². The van der Waals surface area contributed by atoms with Crippen LogP contribution in [0.1, 0.15) is 16.8 Å². The van der Waals surface area contributed by atoms with Gasteiger partial charge in [0.25, 0.3) is 5.91 Å². The van der Waals surface area contributed by atoms with Crippen LogP contribution in [0.25, 0.3) is 16.9 Å². The van der Waals surface area contributed by atoms with Crippen molar-refractivity contribution in [2.75, 3.05) is 18.4 Å². The molecule has 1 atom stereocenters. The van der Waals surface area contributed by atoms with E-state index >= 15 is 0 Å². The van der Waals surface area contributed by atoms with Crippen molar-refractivity contribution < 1.29 is 4.79 Å². The van der Waals surface area contributed by atoms with E-state index in [9.17, 15) is 4.79 Å². The van der Waals surface area contributed by atoms with E-state index in [1.807, 2.05) is 76.3 Å². The summed E-state index contributed by atoms with van der Waals surface area (Å²) < 4.78 is 1.88. The Bertz CT molecular complexity index is 1170. The first-order chi connectivity index (χ1) is 15.3. The molecule has 5 nitrogen and oxygen atoms in total. The molecule has 1 aromatic heterocycles. The van der Waals surface area contributed by atoms with Crippen LogP contribution in [-0.4, -0.2) is 39.7 Å². The van der Waals surface area contributed by atoms with Gasteiger partial charge in [-0.25, -0.2) is 4.68 Å². The SMILES string of the molecule is O=C(c1cccc(-n2nccc2-c2ccccc2)c1)N1CCC(Nc2ccccc2)C1. The highest BCUT2D eigenvalue weighted by molar-refractivity contribution is 5.95. The van der Waals surface area contributed by atoms with Gasteiger partial charge in [-0.3, -0.25) is 4.79 Å². The topological polar surface area (TPSA) is 50.2 Å². The molecule has 1 aliphatic rings. The third-order valence-electron chi connectivity index (χ3n) is 5.67. The molecule has 0 aliphatic carbocycles. The molecule has 1 aliphatic heterocycles. The molecule has 1 N–H and O–H groups in total. The van der Waals surface area contributed by atoms with Gasteiger partial charge in [0.1, 0.15) is 0 Å². The van der Waals surface area contributed by atoms with Crippen molar-refractivity contribution in [2.24, 2.45) is 0 Å². The van der Waals surface area contributed by atoms with Gasteiger partial charge in [-0.2, -0.15) is 5.10 Å². The zero-order valence-corrected chi connectivity index (χ0v) is 17.2. The lowest BCUT2D eigenvalue weighted by Gasteiger charge is -2.18. The summed E-state index contributed by atoms with van der Waals surface area (Å²) in [6.45, 7) is 1.46. The molecule has 154 valence electrons. The monoisotopic (exact) mass is 408 g/mol. The normalized spacial score (nSPS) is 15.7. The largest absolute Gasteiger partial charge is 0.380 e. The molecule has 4 aromatic rings. The lowest BCUT2D eigenvalue weighted by Crippen LogP contribution is -2.31. The van der Waals surface area contributed by atoms with Crippen LogP contribution in [0, 0.1) is 0 Å². The molecule has 1 amide bonds. The summed E-state index contributed by atoms with van der Waals surface area (Å²) >= 11 is 0. The molecule has 0 saturated carbocycles. The minimum atomic E-state index is 0.0626. The number of nitrogens with zero attached hydrogens (tertiary/aromatic N) is 3. The zero-order chi connectivity index (χ0) is 21.0. The molecule has 2 heterocycles. The number of amides is 1. The number of rotatable bonds is 5. The lowest BCUT2D eigenvalue weighted by molar-refractivity contribution is 0.0791. The van der Waals surface area contributed by atoms with E-state index in [0.29, 0.717) is 12.1 Å². The van der Waals surface area contributed by atoms with Gasteiger partial charge in [-0.15, -0.1) is 0 Å². The Hall–Kier alpha value is -3.86. The number of carbonyl (C=O) groups is 1. The zero-order valence-electron chi connectivity index (χ0n) is 17.2. The highest BCUT2D eigenvalue weighted by Gasteiger charge is 2.27. The van der Waals surface area contributed by atoms with Crippen molar-refractivity contribution in [2.45, 2.75) is 12.5 Å². The van der Waals surface area contributed by atoms with E-state index < -0.39 is 0 Å². The number of likely N-dealkylation sites (tertiary alicyclic amines) is 1. The van der Waals surface area contributed by atoms with Gasteiger partial charge in [0.15, 0.2) is 0 Å². The fraction of sp³-hybridized carbons (Fsp3) is 0.154. The van der Waals surface area contributed by atoms with Crippen molar-refractivity contribution in [3.8, 4) is 16.9 Å². The number of hydrogen-bond acceptors (Lipinski definition) is 3. The third kappa shape index (κ3) is 4.08. The van der Waals surface area contributed by atoms with Gasteiger partial charge >= 0.3 is 0 Å². The number of anilines is 1. The molecule has 5 heteroatoms. The maximum Gasteiger partial charge on any atom is 0.254 e. The van der Waals surface area contributed by atoms with Gasteiger partial charge in [0.2, 0.25) is 0 Å². The average Bonchev–Trinajstić information content (AvgIpc) is 3.50. The van der Waals surface area contributed by atoms with E-state index in [0.717, 1.165) is 35.6 Å². The minimum absolute atomic E-state index is 0.0626. The van der Waals surface area contributed by atoms with Crippen LogP contribution in [0.5, 0.6) is 0 Å². The number of para-hydroxylation sites is 1. The summed E-state index contributed by atoms with van der Waals surface area (Å²) in [5, 5.41) is 8.03. The molecule has 5 rings (SSSR count).